The highest BCUT2D eigenvalue weighted by molar-refractivity contribution is 6.23. The van der Waals surface area contributed by atoms with Gasteiger partial charge in [-0.1, -0.05) is 270 Å². The molecule has 0 amide bonds. The summed E-state index contributed by atoms with van der Waals surface area (Å²) in [6, 6.07) is 81.5. The van der Waals surface area contributed by atoms with Crippen molar-refractivity contribution < 1.29 is 0 Å². The molecule has 0 heterocycles. The SMILES string of the molecule is c1ccc(-c2ccc(C(CCCCCCCCCCCc3ccc4ccc5cccc6ccc3c4c56)(c3ccc(-c4ccccc4)cc3)c3ccc(-c4ccccc4)cc3)cc2)cc1. The van der Waals surface area contributed by atoms with E-state index in [1.165, 1.54) is 146 Å². The van der Waals surface area contributed by atoms with Crippen molar-refractivity contribution >= 4 is 32.3 Å². The van der Waals surface area contributed by atoms with E-state index in [0.717, 1.165) is 12.8 Å². The van der Waals surface area contributed by atoms with Gasteiger partial charge in [0.15, 0.2) is 0 Å². The lowest BCUT2D eigenvalue weighted by molar-refractivity contribution is 0.493. The Morgan fingerprint density at radius 1 is 0.250 bits per heavy atom. The Kier molecular flexibility index (Phi) is 12.5. The van der Waals surface area contributed by atoms with Crippen molar-refractivity contribution in [1.82, 2.24) is 0 Å². The highest BCUT2D eigenvalue weighted by Gasteiger charge is 2.36. The fourth-order valence-electron chi connectivity index (χ4n) is 10.6. The molecular formula is C64H58. The van der Waals surface area contributed by atoms with Crippen LogP contribution in [0.4, 0.5) is 0 Å². The third kappa shape index (κ3) is 8.63. The molecule has 0 unspecified atom stereocenters. The smallest absolute Gasteiger partial charge is 0.0451 e. The second-order valence-corrected chi connectivity index (χ2v) is 18.0. The Morgan fingerprint density at radius 3 is 1.06 bits per heavy atom. The number of unbranched alkanes of at least 4 members (excludes halogenated alkanes) is 8. The van der Waals surface area contributed by atoms with Gasteiger partial charge in [0.2, 0.25) is 0 Å². The van der Waals surface area contributed by atoms with E-state index in [1.807, 2.05) is 0 Å². The first-order valence-electron chi connectivity index (χ1n) is 23.9. The summed E-state index contributed by atoms with van der Waals surface area (Å²) in [7, 11) is 0. The highest BCUT2D eigenvalue weighted by atomic mass is 14.4. The molecule has 64 heavy (non-hydrogen) atoms. The molecule has 0 aromatic heterocycles. The van der Waals surface area contributed by atoms with Crippen LogP contribution in [0.2, 0.25) is 0 Å². The molecule has 0 aliphatic carbocycles. The fraction of sp³-hybridized carbons (Fsp3) is 0.188. The molecule has 0 spiro atoms. The molecule has 0 aliphatic rings. The molecule has 0 saturated heterocycles. The van der Waals surface area contributed by atoms with Crippen molar-refractivity contribution in [2.45, 2.75) is 76.0 Å². The van der Waals surface area contributed by atoms with E-state index >= 15 is 0 Å². The molecule has 0 radical (unpaired) electrons. The minimum absolute atomic E-state index is 0.297. The average Bonchev–Trinajstić information content (AvgIpc) is 3.37. The van der Waals surface area contributed by atoms with E-state index in [2.05, 4.69) is 218 Å². The standard InChI is InChI=1S/C64H58/c1(2-4-6-11-26-54-29-30-57-32-31-55-27-19-28-56-39-46-61(54)63(57)62(55)56)3-5-7-18-47-64(58-40-33-51(34-41-58)48-20-12-8-13-21-48,59-42-35-52(36-43-59)49-22-14-9-15-23-49)60-44-37-53(38-45-60)50-24-16-10-17-25-50/h8-10,12-17,19-25,27-46H,1-7,11,18,26,47H2. The molecule has 0 atom stereocenters. The minimum atomic E-state index is -0.297. The zero-order valence-corrected chi connectivity index (χ0v) is 37.1. The lowest BCUT2D eigenvalue weighted by atomic mass is 9.66. The Labute approximate surface area is 380 Å². The largest absolute Gasteiger partial charge is 0.0622 e. The quantitative estimate of drug-likeness (QED) is 0.0459. The Morgan fingerprint density at radius 2 is 0.609 bits per heavy atom. The first-order valence-corrected chi connectivity index (χ1v) is 23.9. The zero-order chi connectivity index (χ0) is 43.0. The lowest BCUT2D eigenvalue weighted by Crippen LogP contribution is -2.29. The van der Waals surface area contributed by atoms with E-state index in [1.54, 1.807) is 0 Å². The second-order valence-electron chi connectivity index (χ2n) is 18.0. The molecule has 10 aromatic carbocycles. The van der Waals surface area contributed by atoms with Crippen molar-refractivity contribution in [2.75, 3.05) is 0 Å². The zero-order valence-electron chi connectivity index (χ0n) is 37.1. The molecule has 0 saturated carbocycles. The van der Waals surface area contributed by atoms with Crippen LogP contribution in [0.25, 0.3) is 65.7 Å². The van der Waals surface area contributed by atoms with Crippen molar-refractivity contribution in [1.29, 1.82) is 0 Å². The van der Waals surface area contributed by atoms with Gasteiger partial charge >= 0.3 is 0 Å². The summed E-state index contributed by atoms with van der Waals surface area (Å²) >= 11 is 0. The summed E-state index contributed by atoms with van der Waals surface area (Å²) in [6.45, 7) is 0. The van der Waals surface area contributed by atoms with Gasteiger partial charge in [-0.05, 0) is 107 Å². The summed E-state index contributed by atoms with van der Waals surface area (Å²) in [5.41, 5.74) is 12.8. The summed E-state index contributed by atoms with van der Waals surface area (Å²) in [5.74, 6) is 0. The Bertz CT molecular complexity index is 2800. The monoisotopic (exact) mass is 826 g/mol. The molecule has 0 fully saturated rings. The van der Waals surface area contributed by atoms with Crippen LogP contribution in [-0.4, -0.2) is 0 Å². The molecule has 0 bridgehead atoms. The molecule has 314 valence electrons. The summed E-state index contributed by atoms with van der Waals surface area (Å²) in [6.07, 6.45) is 13.8. The van der Waals surface area contributed by atoms with Gasteiger partial charge in [-0.15, -0.1) is 0 Å². The van der Waals surface area contributed by atoms with Gasteiger partial charge in [0.1, 0.15) is 0 Å². The molecule has 0 heteroatoms. The van der Waals surface area contributed by atoms with Gasteiger partial charge in [-0.2, -0.15) is 0 Å². The maximum atomic E-state index is 2.41. The van der Waals surface area contributed by atoms with Crippen molar-refractivity contribution in [3.63, 3.8) is 0 Å². The van der Waals surface area contributed by atoms with E-state index < -0.39 is 0 Å². The maximum Gasteiger partial charge on any atom is 0.0451 e. The van der Waals surface area contributed by atoms with E-state index in [4.69, 9.17) is 0 Å². The first-order chi connectivity index (χ1) is 31.7. The second kappa shape index (κ2) is 19.3. The van der Waals surface area contributed by atoms with Crippen LogP contribution in [0.1, 0.15) is 86.5 Å². The van der Waals surface area contributed by atoms with Crippen LogP contribution in [0.5, 0.6) is 0 Å². The molecule has 0 nitrogen and oxygen atoms in total. The van der Waals surface area contributed by atoms with Crippen molar-refractivity contribution in [3.05, 3.63) is 241 Å². The summed E-state index contributed by atoms with van der Waals surface area (Å²) in [4.78, 5) is 0. The summed E-state index contributed by atoms with van der Waals surface area (Å²) < 4.78 is 0. The molecule has 0 aliphatic heterocycles. The number of hydrogen-bond donors (Lipinski definition) is 0. The third-order valence-electron chi connectivity index (χ3n) is 14.1. The van der Waals surface area contributed by atoms with Crippen LogP contribution in [-0.2, 0) is 11.8 Å². The number of hydrogen-bond acceptors (Lipinski definition) is 0. The topological polar surface area (TPSA) is 0 Å². The van der Waals surface area contributed by atoms with Gasteiger partial charge in [0, 0.05) is 5.41 Å². The first kappa shape index (κ1) is 41.3. The summed E-state index contributed by atoms with van der Waals surface area (Å²) in [5, 5.41) is 8.39. The predicted molar refractivity (Wildman–Crippen MR) is 276 cm³/mol. The fourth-order valence-corrected chi connectivity index (χ4v) is 10.6. The predicted octanol–water partition coefficient (Wildman–Crippen LogP) is 18.1. The molecular weight excluding hydrogens is 769 g/mol. The molecule has 10 rings (SSSR count). The average molecular weight is 827 g/mol. The normalized spacial score (nSPS) is 11.8. The maximum absolute atomic E-state index is 2.41. The van der Waals surface area contributed by atoms with Crippen LogP contribution in [0.3, 0.4) is 0 Å². The highest BCUT2D eigenvalue weighted by Crippen LogP contribution is 2.45. The minimum Gasteiger partial charge on any atom is -0.0622 e. The van der Waals surface area contributed by atoms with E-state index in [0.29, 0.717) is 0 Å². The third-order valence-corrected chi connectivity index (χ3v) is 14.1. The molecule has 10 aromatic rings. The van der Waals surface area contributed by atoms with Crippen LogP contribution in [0, 0.1) is 0 Å². The van der Waals surface area contributed by atoms with E-state index in [-0.39, 0.29) is 5.41 Å². The van der Waals surface area contributed by atoms with E-state index in [9.17, 15) is 0 Å². The van der Waals surface area contributed by atoms with Crippen LogP contribution >= 0.6 is 0 Å². The van der Waals surface area contributed by atoms with Crippen molar-refractivity contribution in [3.8, 4) is 33.4 Å². The number of benzene rings is 10. The van der Waals surface area contributed by atoms with Gasteiger partial charge in [-0.3, -0.25) is 0 Å². The van der Waals surface area contributed by atoms with Crippen molar-refractivity contribution in [2.24, 2.45) is 0 Å². The van der Waals surface area contributed by atoms with Crippen LogP contribution in [0.15, 0.2) is 218 Å². The van der Waals surface area contributed by atoms with Gasteiger partial charge in [-0.25, -0.2) is 0 Å². The Balaban J connectivity index is 0.822. The van der Waals surface area contributed by atoms with Gasteiger partial charge in [0.05, 0.1) is 0 Å². The van der Waals surface area contributed by atoms with Crippen LogP contribution < -0.4 is 0 Å². The molecule has 0 N–H and O–H groups in total. The van der Waals surface area contributed by atoms with Gasteiger partial charge < -0.3 is 0 Å². The van der Waals surface area contributed by atoms with Gasteiger partial charge in [0.25, 0.3) is 0 Å². The number of aryl methyl sites for hydroxylation is 1. The Hall–Kier alpha value is -6.76. The lowest BCUT2D eigenvalue weighted by Gasteiger charge is -2.37. The number of rotatable bonds is 18.